The molecule has 0 saturated carbocycles. The molecular weight excluding hydrogens is 268 g/mol. The van der Waals surface area contributed by atoms with Crippen LogP contribution in [-0.2, 0) is 16.0 Å². The molecule has 0 aromatic heterocycles. The van der Waals surface area contributed by atoms with Crippen molar-refractivity contribution in [3.8, 4) is 5.75 Å². The number of aryl methyl sites for hydroxylation is 1. The molecule has 4 heteroatoms. The SMILES string of the molecule is COC(=O)c1cccc(C)c1OC(=O)Cc1ccccc1. The smallest absolute Gasteiger partial charge is 0.341 e. The molecule has 0 atom stereocenters. The Morgan fingerprint density at radius 3 is 2.38 bits per heavy atom. The monoisotopic (exact) mass is 284 g/mol. The number of ether oxygens (including phenoxy) is 2. The van der Waals surface area contributed by atoms with Crippen LogP contribution in [0.4, 0.5) is 0 Å². The number of para-hydroxylation sites is 1. The molecule has 0 bridgehead atoms. The second-order valence-electron chi connectivity index (χ2n) is 4.58. The molecule has 2 aromatic carbocycles. The van der Waals surface area contributed by atoms with Gasteiger partial charge in [0.25, 0.3) is 0 Å². The van der Waals surface area contributed by atoms with Gasteiger partial charge in [-0.2, -0.15) is 0 Å². The zero-order valence-electron chi connectivity index (χ0n) is 12.0. The third-order valence-corrected chi connectivity index (χ3v) is 3.02. The van der Waals surface area contributed by atoms with Crippen LogP contribution in [0.2, 0.25) is 0 Å². The molecule has 0 N–H and O–H groups in total. The Hall–Kier alpha value is -2.62. The molecule has 4 nitrogen and oxygen atoms in total. The maximum absolute atomic E-state index is 12.0. The fourth-order valence-electron chi connectivity index (χ4n) is 1.97. The first-order valence-electron chi connectivity index (χ1n) is 6.54. The van der Waals surface area contributed by atoms with Crippen LogP contribution >= 0.6 is 0 Å². The average molecular weight is 284 g/mol. The molecular formula is C17H16O4. The van der Waals surface area contributed by atoms with Crippen molar-refractivity contribution in [1.82, 2.24) is 0 Å². The highest BCUT2D eigenvalue weighted by atomic mass is 16.5. The van der Waals surface area contributed by atoms with Crippen molar-refractivity contribution in [3.05, 3.63) is 65.2 Å². The Labute approximate surface area is 123 Å². The number of benzene rings is 2. The van der Waals surface area contributed by atoms with Gasteiger partial charge in [0.1, 0.15) is 11.3 Å². The van der Waals surface area contributed by atoms with E-state index in [0.717, 1.165) is 5.56 Å². The van der Waals surface area contributed by atoms with Crippen LogP contribution in [0.3, 0.4) is 0 Å². The topological polar surface area (TPSA) is 52.6 Å². The van der Waals surface area contributed by atoms with Crippen LogP contribution in [0.5, 0.6) is 5.75 Å². The predicted octanol–water partition coefficient (Wildman–Crippen LogP) is 2.93. The van der Waals surface area contributed by atoms with Crippen molar-refractivity contribution in [2.45, 2.75) is 13.3 Å². The summed E-state index contributed by atoms with van der Waals surface area (Å²) >= 11 is 0. The van der Waals surface area contributed by atoms with Gasteiger partial charge in [-0.3, -0.25) is 4.79 Å². The quantitative estimate of drug-likeness (QED) is 0.640. The fraction of sp³-hybridized carbons (Fsp3) is 0.176. The second kappa shape index (κ2) is 6.70. The number of carbonyl (C=O) groups is 2. The van der Waals surface area contributed by atoms with E-state index < -0.39 is 11.9 Å². The molecule has 0 fully saturated rings. The van der Waals surface area contributed by atoms with Gasteiger partial charge in [0.2, 0.25) is 0 Å². The molecule has 21 heavy (non-hydrogen) atoms. The highest BCUT2D eigenvalue weighted by Gasteiger charge is 2.18. The van der Waals surface area contributed by atoms with Crippen LogP contribution < -0.4 is 4.74 Å². The maximum Gasteiger partial charge on any atom is 0.341 e. The third kappa shape index (κ3) is 3.69. The summed E-state index contributed by atoms with van der Waals surface area (Å²) in [7, 11) is 1.29. The molecule has 0 unspecified atom stereocenters. The lowest BCUT2D eigenvalue weighted by Gasteiger charge is -2.11. The van der Waals surface area contributed by atoms with Gasteiger partial charge in [0.05, 0.1) is 13.5 Å². The third-order valence-electron chi connectivity index (χ3n) is 3.02. The fourth-order valence-corrected chi connectivity index (χ4v) is 1.97. The Bertz CT molecular complexity index is 647. The lowest BCUT2D eigenvalue weighted by molar-refractivity contribution is -0.133. The van der Waals surface area contributed by atoms with Crippen molar-refractivity contribution in [2.24, 2.45) is 0 Å². The number of esters is 2. The minimum absolute atomic E-state index is 0.149. The van der Waals surface area contributed by atoms with Crippen LogP contribution in [0.25, 0.3) is 0 Å². The zero-order valence-corrected chi connectivity index (χ0v) is 12.0. The second-order valence-corrected chi connectivity index (χ2v) is 4.58. The Balaban J connectivity index is 2.19. The Morgan fingerprint density at radius 2 is 1.71 bits per heavy atom. The number of hydrogen-bond donors (Lipinski definition) is 0. The van der Waals surface area contributed by atoms with Crippen LogP contribution in [0.15, 0.2) is 48.5 Å². The van der Waals surface area contributed by atoms with E-state index >= 15 is 0 Å². The predicted molar refractivity (Wildman–Crippen MR) is 78.3 cm³/mol. The standard InChI is InChI=1S/C17H16O4/c1-12-7-6-10-14(17(19)20-2)16(12)21-15(18)11-13-8-4-3-5-9-13/h3-10H,11H2,1-2H3. The van der Waals surface area contributed by atoms with Crippen molar-refractivity contribution in [3.63, 3.8) is 0 Å². The van der Waals surface area contributed by atoms with E-state index in [4.69, 9.17) is 9.47 Å². The average Bonchev–Trinajstić information content (AvgIpc) is 2.49. The van der Waals surface area contributed by atoms with Gasteiger partial charge in [0, 0.05) is 0 Å². The van der Waals surface area contributed by atoms with Crippen molar-refractivity contribution < 1.29 is 19.1 Å². The largest absolute Gasteiger partial charge is 0.465 e. The van der Waals surface area contributed by atoms with Gasteiger partial charge in [-0.1, -0.05) is 42.5 Å². The summed E-state index contributed by atoms with van der Waals surface area (Å²) in [5.74, 6) is -0.688. The molecule has 0 saturated heterocycles. The molecule has 2 aromatic rings. The summed E-state index contributed by atoms with van der Waals surface area (Å²) in [4.78, 5) is 23.7. The molecule has 0 spiro atoms. The van der Waals surface area contributed by atoms with Gasteiger partial charge in [0.15, 0.2) is 0 Å². The summed E-state index contributed by atoms with van der Waals surface area (Å²) in [5.41, 5.74) is 1.81. The molecule has 0 aliphatic carbocycles. The number of carbonyl (C=O) groups excluding carboxylic acids is 2. The van der Waals surface area contributed by atoms with Gasteiger partial charge >= 0.3 is 11.9 Å². The first-order chi connectivity index (χ1) is 10.1. The molecule has 108 valence electrons. The van der Waals surface area contributed by atoms with Crippen molar-refractivity contribution >= 4 is 11.9 Å². The maximum atomic E-state index is 12.0. The van der Waals surface area contributed by atoms with Crippen molar-refractivity contribution in [1.29, 1.82) is 0 Å². The minimum Gasteiger partial charge on any atom is -0.465 e. The molecule has 0 heterocycles. The van der Waals surface area contributed by atoms with E-state index in [1.807, 2.05) is 30.3 Å². The van der Waals surface area contributed by atoms with E-state index in [9.17, 15) is 9.59 Å². The molecule has 0 aliphatic rings. The summed E-state index contributed by atoms with van der Waals surface area (Å²) < 4.78 is 10.1. The van der Waals surface area contributed by atoms with E-state index in [1.54, 1.807) is 25.1 Å². The highest BCUT2D eigenvalue weighted by Crippen LogP contribution is 2.24. The van der Waals surface area contributed by atoms with Crippen LogP contribution in [0.1, 0.15) is 21.5 Å². The summed E-state index contributed by atoms with van der Waals surface area (Å²) in [6.45, 7) is 1.78. The van der Waals surface area contributed by atoms with Gasteiger partial charge in [-0.15, -0.1) is 0 Å². The highest BCUT2D eigenvalue weighted by molar-refractivity contribution is 5.94. The molecule has 2 rings (SSSR count). The minimum atomic E-state index is -0.527. The van der Waals surface area contributed by atoms with E-state index in [1.165, 1.54) is 7.11 Å². The van der Waals surface area contributed by atoms with Crippen LogP contribution in [-0.4, -0.2) is 19.0 Å². The first kappa shape index (κ1) is 14.8. The van der Waals surface area contributed by atoms with Gasteiger partial charge in [-0.05, 0) is 24.1 Å². The lowest BCUT2D eigenvalue weighted by atomic mass is 10.1. The molecule has 0 amide bonds. The molecule has 0 aliphatic heterocycles. The van der Waals surface area contributed by atoms with E-state index in [2.05, 4.69) is 0 Å². The lowest BCUT2D eigenvalue weighted by Crippen LogP contribution is -2.15. The number of methoxy groups -OCH3 is 1. The Kier molecular flexibility index (Phi) is 4.72. The van der Waals surface area contributed by atoms with Crippen molar-refractivity contribution in [2.75, 3.05) is 7.11 Å². The molecule has 0 radical (unpaired) electrons. The summed E-state index contributed by atoms with van der Waals surface area (Å²) in [6, 6.07) is 14.4. The summed E-state index contributed by atoms with van der Waals surface area (Å²) in [6.07, 6.45) is 0.149. The Morgan fingerprint density at radius 1 is 1.00 bits per heavy atom. The van der Waals surface area contributed by atoms with Crippen LogP contribution in [0, 0.1) is 6.92 Å². The van der Waals surface area contributed by atoms with Gasteiger partial charge < -0.3 is 9.47 Å². The zero-order chi connectivity index (χ0) is 15.2. The van der Waals surface area contributed by atoms with Gasteiger partial charge in [-0.25, -0.2) is 4.79 Å². The normalized spacial score (nSPS) is 10.0. The number of hydrogen-bond acceptors (Lipinski definition) is 4. The first-order valence-corrected chi connectivity index (χ1v) is 6.54. The summed E-state index contributed by atoms with van der Waals surface area (Å²) in [5, 5.41) is 0. The number of rotatable bonds is 4. The van der Waals surface area contributed by atoms with E-state index in [-0.39, 0.29) is 17.7 Å². The van der Waals surface area contributed by atoms with E-state index in [0.29, 0.717) is 5.56 Å².